The van der Waals surface area contributed by atoms with Gasteiger partial charge in [-0.15, -0.1) is 0 Å². The molecular weight excluding hydrogens is 560 g/mol. The normalized spacial score (nSPS) is 10.8. The van der Waals surface area contributed by atoms with Gasteiger partial charge in [0.2, 0.25) is 5.89 Å². The average Bonchev–Trinajstić information content (AvgIpc) is 3.49. The molecule has 0 radical (unpaired) electrons. The molecule has 0 unspecified atom stereocenters. The lowest BCUT2D eigenvalue weighted by Gasteiger charge is -2.12. The highest BCUT2D eigenvalue weighted by atomic mass is 16.9. The van der Waals surface area contributed by atoms with Gasteiger partial charge in [-0.2, -0.15) is 0 Å². The first-order valence-corrected chi connectivity index (χ1v) is 14.4. The molecule has 1 aromatic heterocycles. The number of hydrogen-bond donors (Lipinski definition) is 3. The number of carbonyl (C=O) groups excluding carboxylic acids is 2. The minimum atomic E-state index is -0.411. The van der Waals surface area contributed by atoms with Gasteiger partial charge >= 0.3 is 12.0 Å². The first-order valence-electron chi connectivity index (χ1n) is 14.4. The zero-order valence-electron chi connectivity index (χ0n) is 24.4. The van der Waals surface area contributed by atoms with Crippen LogP contribution < -0.4 is 21.0 Å². The van der Waals surface area contributed by atoms with Crippen molar-refractivity contribution in [2.24, 2.45) is 0 Å². The van der Waals surface area contributed by atoms with Gasteiger partial charge in [0.25, 0.3) is 0 Å². The van der Waals surface area contributed by atoms with Crippen LogP contribution in [0.1, 0.15) is 31.2 Å². The molecule has 10 nitrogen and oxygen atoms in total. The molecule has 4 aromatic carbocycles. The van der Waals surface area contributed by atoms with E-state index in [-0.39, 0.29) is 19.1 Å². The molecule has 0 bridgehead atoms. The van der Waals surface area contributed by atoms with Gasteiger partial charge in [-0.1, -0.05) is 73.2 Å². The average molecular weight is 595 g/mol. The summed E-state index contributed by atoms with van der Waals surface area (Å²) in [5.74, 6) is 0.533. The van der Waals surface area contributed by atoms with Crippen molar-refractivity contribution in [1.29, 1.82) is 0 Å². The van der Waals surface area contributed by atoms with Crippen molar-refractivity contribution in [3.05, 3.63) is 103 Å². The summed E-state index contributed by atoms with van der Waals surface area (Å²) in [7, 11) is 1.54. The van der Waals surface area contributed by atoms with E-state index in [0.717, 1.165) is 28.6 Å². The molecule has 0 atom stereocenters. The predicted molar refractivity (Wildman–Crippen MR) is 167 cm³/mol. The molecule has 0 fully saturated rings. The molecule has 0 aliphatic heterocycles. The zero-order valence-corrected chi connectivity index (χ0v) is 24.4. The molecular formula is C34H34N4O6. The summed E-state index contributed by atoms with van der Waals surface area (Å²) in [6.45, 7) is 0.723. The van der Waals surface area contributed by atoms with E-state index in [0.29, 0.717) is 47.9 Å². The van der Waals surface area contributed by atoms with Crippen LogP contribution in [0.3, 0.4) is 0 Å². The molecule has 3 N–H and O–H groups in total. The summed E-state index contributed by atoms with van der Waals surface area (Å²) in [5.41, 5.74) is 7.93. The molecule has 5 rings (SSSR count). The van der Waals surface area contributed by atoms with Crippen molar-refractivity contribution in [3.8, 4) is 28.3 Å². The number of rotatable bonds is 14. The number of amides is 2. The van der Waals surface area contributed by atoms with Crippen molar-refractivity contribution in [2.75, 3.05) is 19.0 Å². The molecule has 0 saturated carbocycles. The fourth-order valence-electron chi connectivity index (χ4n) is 4.55. The minimum absolute atomic E-state index is 0.237. The Kier molecular flexibility index (Phi) is 10.5. The minimum Gasteiger partial charge on any atom is -0.495 e. The van der Waals surface area contributed by atoms with Gasteiger partial charge in [0.1, 0.15) is 11.3 Å². The van der Waals surface area contributed by atoms with Gasteiger partial charge in [-0.25, -0.2) is 9.78 Å². The molecule has 1 heterocycles. The molecule has 226 valence electrons. The SMILES string of the molecule is COc1ccc(-c2nc3cc(-c4ccccc4)ccc3o2)cc1NC(=O)NCCCCCC(=O)ONOCc1ccccc1. The van der Waals surface area contributed by atoms with Gasteiger partial charge in [-0.3, -0.25) is 9.63 Å². The molecule has 0 aliphatic carbocycles. The Morgan fingerprint density at radius 2 is 1.59 bits per heavy atom. The third-order valence-corrected chi connectivity index (χ3v) is 6.83. The maximum atomic E-state index is 12.6. The van der Waals surface area contributed by atoms with Gasteiger partial charge in [-0.05, 0) is 65.5 Å². The number of aromatic nitrogens is 1. The molecule has 10 heteroatoms. The van der Waals surface area contributed by atoms with Crippen molar-refractivity contribution < 1.29 is 28.4 Å². The van der Waals surface area contributed by atoms with Crippen LogP contribution in [-0.2, 0) is 21.1 Å². The van der Waals surface area contributed by atoms with Crippen molar-refractivity contribution in [1.82, 2.24) is 15.9 Å². The lowest BCUT2D eigenvalue weighted by molar-refractivity contribution is -0.195. The highest BCUT2D eigenvalue weighted by Crippen LogP contribution is 2.33. The number of nitrogens with zero attached hydrogens (tertiary/aromatic N) is 1. The van der Waals surface area contributed by atoms with E-state index in [1.54, 1.807) is 19.2 Å². The first-order chi connectivity index (χ1) is 21.6. The summed E-state index contributed by atoms with van der Waals surface area (Å²) < 4.78 is 11.5. The number of unbranched alkanes of at least 4 members (excludes halogenated alkanes) is 2. The Morgan fingerprint density at radius 3 is 2.39 bits per heavy atom. The number of benzene rings is 4. The third kappa shape index (κ3) is 8.43. The van der Waals surface area contributed by atoms with Gasteiger partial charge in [0.15, 0.2) is 5.58 Å². The number of ether oxygens (including phenoxy) is 1. The Morgan fingerprint density at radius 1 is 0.818 bits per heavy atom. The van der Waals surface area contributed by atoms with E-state index in [1.807, 2.05) is 84.9 Å². The van der Waals surface area contributed by atoms with Crippen molar-refractivity contribution in [2.45, 2.75) is 32.3 Å². The number of hydrogen-bond acceptors (Lipinski definition) is 8. The molecule has 5 aromatic rings. The van der Waals surface area contributed by atoms with E-state index in [2.05, 4.69) is 21.3 Å². The maximum absolute atomic E-state index is 12.6. The highest BCUT2D eigenvalue weighted by molar-refractivity contribution is 5.92. The van der Waals surface area contributed by atoms with Crippen LogP contribution in [0, 0.1) is 0 Å². The van der Waals surface area contributed by atoms with E-state index in [9.17, 15) is 9.59 Å². The Bertz CT molecular complexity index is 1670. The largest absolute Gasteiger partial charge is 0.495 e. The van der Waals surface area contributed by atoms with Crippen molar-refractivity contribution in [3.63, 3.8) is 0 Å². The third-order valence-electron chi connectivity index (χ3n) is 6.83. The summed E-state index contributed by atoms with van der Waals surface area (Å²) >= 11 is 0. The lowest BCUT2D eigenvalue weighted by Crippen LogP contribution is -2.29. The van der Waals surface area contributed by atoms with E-state index >= 15 is 0 Å². The van der Waals surface area contributed by atoms with E-state index in [1.165, 1.54) is 0 Å². The molecule has 0 spiro atoms. The Hall–Kier alpha value is -5.19. The van der Waals surface area contributed by atoms with Crippen LogP contribution in [-0.4, -0.2) is 30.6 Å². The fraction of sp³-hybridized carbons (Fsp3) is 0.206. The van der Waals surface area contributed by atoms with Gasteiger partial charge in [0.05, 0.1) is 19.4 Å². The summed E-state index contributed by atoms with van der Waals surface area (Å²) in [6, 6.07) is 30.5. The van der Waals surface area contributed by atoms with Gasteiger partial charge < -0.3 is 24.6 Å². The van der Waals surface area contributed by atoms with E-state index in [4.69, 9.17) is 18.8 Å². The molecule has 0 saturated heterocycles. The standard InChI is InChI=1S/C34H34N4O6/c1-41-30-18-17-27(33-36-29-21-26(16-19-31(29)43-33)25-13-7-3-8-14-25)22-28(30)37-34(40)35-20-10-4-9-15-32(39)44-38-42-23-24-11-5-2-6-12-24/h2-3,5-8,11-14,16-19,21-22,38H,4,9-10,15,20,23H2,1H3,(H2,35,37,40). The van der Waals surface area contributed by atoms with Crippen LogP contribution in [0.25, 0.3) is 33.7 Å². The maximum Gasteiger partial charge on any atom is 0.327 e. The quantitative estimate of drug-likeness (QED) is 0.0925. The molecule has 2 amide bonds. The number of methoxy groups -OCH3 is 1. The highest BCUT2D eigenvalue weighted by Gasteiger charge is 2.14. The van der Waals surface area contributed by atoms with Crippen LogP contribution in [0.15, 0.2) is 101 Å². The second-order valence-corrected chi connectivity index (χ2v) is 10.0. The number of nitrogens with one attached hydrogen (secondary N) is 3. The second-order valence-electron chi connectivity index (χ2n) is 10.0. The first kappa shape index (κ1) is 30.3. The Labute approximate surface area is 255 Å². The van der Waals surface area contributed by atoms with Crippen LogP contribution in [0.4, 0.5) is 10.5 Å². The van der Waals surface area contributed by atoms with E-state index < -0.39 is 5.97 Å². The number of carbonyl (C=O) groups is 2. The summed E-state index contributed by atoms with van der Waals surface area (Å²) in [6.07, 6.45) is 2.30. The zero-order chi connectivity index (χ0) is 30.6. The monoisotopic (exact) mass is 594 g/mol. The van der Waals surface area contributed by atoms with Crippen LogP contribution in [0.2, 0.25) is 0 Å². The number of fused-ring (bicyclic) bond motifs is 1. The lowest BCUT2D eigenvalue weighted by atomic mass is 10.1. The van der Waals surface area contributed by atoms with Gasteiger partial charge in [0, 0.05) is 18.5 Å². The topological polar surface area (TPSA) is 124 Å². The smallest absolute Gasteiger partial charge is 0.327 e. The summed E-state index contributed by atoms with van der Waals surface area (Å²) in [4.78, 5) is 39.1. The van der Waals surface area contributed by atoms with Crippen molar-refractivity contribution >= 4 is 28.8 Å². The summed E-state index contributed by atoms with van der Waals surface area (Å²) in [5, 5.41) is 5.68. The number of anilines is 1. The van der Waals surface area contributed by atoms with Crippen LogP contribution in [0.5, 0.6) is 5.75 Å². The second kappa shape index (κ2) is 15.3. The number of oxazole rings is 1. The molecule has 0 aliphatic rings. The fourth-order valence-corrected chi connectivity index (χ4v) is 4.55. The predicted octanol–water partition coefficient (Wildman–Crippen LogP) is 7.03. The molecule has 44 heavy (non-hydrogen) atoms. The Balaban J connectivity index is 1.06. The van der Waals surface area contributed by atoms with Crippen LogP contribution >= 0.6 is 0 Å². The number of urea groups is 1.